The van der Waals surface area contributed by atoms with Gasteiger partial charge in [-0.05, 0) is 0 Å². The van der Waals surface area contributed by atoms with Gasteiger partial charge < -0.3 is 9.84 Å². The van der Waals surface area contributed by atoms with Crippen molar-refractivity contribution < 1.29 is 31.7 Å². The first kappa shape index (κ1) is 15.9. The molecule has 0 rings (SSSR count). The molecule has 56 valence electrons. The smallest absolute Gasteiger partial charge is 0.450 e. The van der Waals surface area contributed by atoms with E-state index in [0.717, 1.165) is 0 Å². The van der Waals surface area contributed by atoms with Crippen LogP contribution >= 0.6 is 12.4 Å². The molecule has 0 spiro atoms. The first-order valence-corrected chi connectivity index (χ1v) is 1.74. The summed E-state index contributed by atoms with van der Waals surface area (Å²) >= 11 is 0. The maximum atomic E-state index is 9.49. The topological polar surface area (TPSA) is 46.5 Å². The second-order valence-electron chi connectivity index (χ2n) is 0.866. The molecule has 0 amide bonds. The van der Waals surface area contributed by atoms with Crippen LogP contribution in [0.15, 0.2) is 12.7 Å². The van der Waals surface area contributed by atoms with Crippen molar-refractivity contribution in [2.45, 2.75) is 0 Å². The number of hydrogen-bond acceptors (Lipinski definition) is 2. The van der Waals surface area contributed by atoms with Gasteiger partial charge in [-0.2, -0.15) is 0 Å². The number of carboxylic acid groups (broad SMARTS) is 1. The molecule has 1 N–H and O–H groups in total. The zero-order chi connectivity index (χ0) is 5.70. The van der Waals surface area contributed by atoms with E-state index in [-0.39, 0.29) is 36.1 Å². The molecule has 0 aliphatic heterocycles. The van der Waals surface area contributed by atoms with Crippen LogP contribution in [-0.4, -0.2) is 17.9 Å². The minimum Gasteiger partial charge on any atom is -0.450 e. The van der Waals surface area contributed by atoms with Gasteiger partial charge >= 0.3 is 6.16 Å². The summed E-state index contributed by atoms with van der Waals surface area (Å²) in [5, 5.41) is 7.77. The molecular weight excluding hydrogens is 187 g/mol. The van der Waals surface area contributed by atoms with Crippen molar-refractivity contribution in [2.75, 3.05) is 6.61 Å². The first-order valence-electron chi connectivity index (χ1n) is 1.74. The molecule has 0 atom stereocenters. The van der Waals surface area contributed by atoms with Crippen LogP contribution in [0.1, 0.15) is 0 Å². The van der Waals surface area contributed by atoms with Crippen LogP contribution in [0.2, 0.25) is 0 Å². The first-order chi connectivity index (χ1) is 3.27. The molecule has 0 aromatic carbocycles. The summed E-state index contributed by atoms with van der Waals surface area (Å²) in [6.45, 7) is 3.31. The third-order valence-corrected chi connectivity index (χ3v) is 0.325. The molecule has 0 saturated carbocycles. The Morgan fingerprint density at radius 1 is 1.78 bits per heavy atom. The predicted octanol–water partition coefficient (Wildman–Crippen LogP) is 1.29. The predicted molar refractivity (Wildman–Crippen MR) is 31.4 cm³/mol. The third kappa shape index (κ3) is 18.2. The molecular formula is C4H7ClFeO3. The average Bonchev–Trinajstić information content (AvgIpc) is 1.61. The average molecular weight is 194 g/mol. The van der Waals surface area contributed by atoms with Gasteiger partial charge in [-0.15, -0.1) is 12.4 Å². The number of ether oxygens (including phenoxy) is 1. The summed E-state index contributed by atoms with van der Waals surface area (Å²) in [7, 11) is 0. The molecule has 0 aliphatic carbocycles. The molecule has 0 aromatic rings. The molecule has 0 saturated heterocycles. The SMILES string of the molecule is C=CCOC(=O)O.Cl.[Fe]. The van der Waals surface area contributed by atoms with E-state index in [1.807, 2.05) is 0 Å². The summed E-state index contributed by atoms with van der Waals surface area (Å²) in [6.07, 6.45) is 0.105. The molecule has 9 heavy (non-hydrogen) atoms. The second kappa shape index (κ2) is 10.7. The number of rotatable bonds is 2. The fourth-order valence-electron chi connectivity index (χ4n) is 0.130. The summed E-state index contributed by atoms with van der Waals surface area (Å²) in [4.78, 5) is 9.49. The van der Waals surface area contributed by atoms with Crippen molar-refractivity contribution >= 4 is 18.6 Å². The Morgan fingerprint density at radius 2 is 2.22 bits per heavy atom. The largest absolute Gasteiger partial charge is 0.506 e. The maximum absolute atomic E-state index is 9.49. The summed E-state index contributed by atoms with van der Waals surface area (Å²) < 4.78 is 3.99. The molecule has 5 heteroatoms. The molecule has 0 radical (unpaired) electrons. The standard InChI is InChI=1S/C4H6O3.ClH.Fe/c1-2-3-7-4(5)6;;/h2H,1,3H2,(H,5,6);1H;. The van der Waals surface area contributed by atoms with Gasteiger partial charge in [-0.1, -0.05) is 12.7 Å². The summed E-state index contributed by atoms with van der Waals surface area (Å²) in [5.74, 6) is 0. The van der Waals surface area contributed by atoms with Gasteiger partial charge in [-0.3, -0.25) is 0 Å². The zero-order valence-electron chi connectivity index (χ0n) is 4.52. The van der Waals surface area contributed by atoms with Gasteiger partial charge in [0.2, 0.25) is 0 Å². The van der Waals surface area contributed by atoms with Crippen LogP contribution in [0.4, 0.5) is 4.79 Å². The molecule has 0 aliphatic rings. The molecule has 0 aromatic heterocycles. The number of carbonyl (C=O) groups is 1. The Kier molecular flexibility index (Phi) is 19.0. The number of halogens is 1. The van der Waals surface area contributed by atoms with Crippen molar-refractivity contribution in [3.05, 3.63) is 12.7 Å². The van der Waals surface area contributed by atoms with Gasteiger partial charge in [0, 0.05) is 17.1 Å². The van der Waals surface area contributed by atoms with E-state index >= 15 is 0 Å². The van der Waals surface area contributed by atoms with Crippen molar-refractivity contribution in [1.29, 1.82) is 0 Å². The minimum absolute atomic E-state index is 0. The van der Waals surface area contributed by atoms with Crippen molar-refractivity contribution in [2.24, 2.45) is 0 Å². The van der Waals surface area contributed by atoms with Gasteiger partial charge in [0.1, 0.15) is 6.61 Å². The van der Waals surface area contributed by atoms with Crippen molar-refractivity contribution in [3.63, 3.8) is 0 Å². The zero-order valence-corrected chi connectivity index (χ0v) is 6.44. The summed E-state index contributed by atoms with van der Waals surface area (Å²) in [6, 6.07) is 0. The molecule has 3 nitrogen and oxygen atoms in total. The molecule has 0 unspecified atom stereocenters. The monoisotopic (exact) mass is 194 g/mol. The van der Waals surface area contributed by atoms with Crippen molar-refractivity contribution in [3.8, 4) is 0 Å². The maximum Gasteiger partial charge on any atom is 0.506 e. The van der Waals surface area contributed by atoms with Crippen molar-refractivity contribution in [1.82, 2.24) is 0 Å². The van der Waals surface area contributed by atoms with Crippen LogP contribution in [0.25, 0.3) is 0 Å². The van der Waals surface area contributed by atoms with E-state index in [4.69, 9.17) is 5.11 Å². The Morgan fingerprint density at radius 3 is 2.33 bits per heavy atom. The van der Waals surface area contributed by atoms with Crippen LogP contribution in [0.5, 0.6) is 0 Å². The van der Waals surface area contributed by atoms with Crippen LogP contribution in [0.3, 0.4) is 0 Å². The van der Waals surface area contributed by atoms with Crippen LogP contribution in [-0.2, 0) is 21.8 Å². The molecule has 0 bridgehead atoms. The quantitative estimate of drug-likeness (QED) is 0.409. The van der Waals surface area contributed by atoms with Gasteiger partial charge in [0.05, 0.1) is 0 Å². The van der Waals surface area contributed by atoms with E-state index < -0.39 is 6.16 Å². The van der Waals surface area contributed by atoms with E-state index in [1.54, 1.807) is 0 Å². The van der Waals surface area contributed by atoms with E-state index in [9.17, 15) is 4.79 Å². The Bertz CT molecular complexity index is 85.9. The van der Waals surface area contributed by atoms with Gasteiger partial charge in [0.15, 0.2) is 0 Å². The van der Waals surface area contributed by atoms with Crippen LogP contribution in [0, 0.1) is 0 Å². The third-order valence-electron chi connectivity index (χ3n) is 0.325. The van der Waals surface area contributed by atoms with Crippen LogP contribution < -0.4 is 0 Å². The fourth-order valence-corrected chi connectivity index (χ4v) is 0.130. The second-order valence-corrected chi connectivity index (χ2v) is 0.866. The van der Waals surface area contributed by atoms with Gasteiger partial charge in [-0.25, -0.2) is 4.79 Å². The Balaban J connectivity index is -0.000000180. The van der Waals surface area contributed by atoms with E-state index in [2.05, 4.69) is 11.3 Å². The minimum atomic E-state index is -1.26. The normalized spacial score (nSPS) is 5.78. The van der Waals surface area contributed by atoms with E-state index in [0.29, 0.717) is 0 Å². The number of hydrogen-bond donors (Lipinski definition) is 1. The Hall–Kier alpha value is -0.181. The molecule has 0 heterocycles. The van der Waals surface area contributed by atoms with Gasteiger partial charge in [0.25, 0.3) is 0 Å². The van der Waals surface area contributed by atoms with E-state index in [1.165, 1.54) is 6.08 Å². The molecule has 0 fully saturated rings. The Labute approximate surface area is 70.0 Å². The fraction of sp³-hybridized carbons (Fsp3) is 0.250. The summed E-state index contributed by atoms with van der Waals surface area (Å²) in [5.41, 5.74) is 0.